The molecule has 1 fully saturated rings. The summed E-state index contributed by atoms with van der Waals surface area (Å²) in [6.07, 6.45) is 9.21. The number of fused-ring (bicyclic) bond motifs is 2. The summed E-state index contributed by atoms with van der Waals surface area (Å²) in [4.78, 5) is 12.7. The summed E-state index contributed by atoms with van der Waals surface area (Å²) in [5.74, 6) is -1.41. The Bertz CT molecular complexity index is 826. The molecule has 3 rings (SSSR count). The van der Waals surface area contributed by atoms with Gasteiger partial charge in [-0.3, -0.25) is 0 Å². The fourth-order valence-corrected chi connectivity index (χ4v) is 3.27. The number of cyclic esters (lactones) is 1. The number of allylic oxidation sites excluding steroid dienone is 4. The minimum Gasteiger partial charge on any atom is -0.507 e. The number of benzene rings is 1. The van der Waals surface area contributed by atoms with Gasteiger partial charge in [0.05, 0.1) is 24.5 Å². The fourth-order valence-electron chi connectivity index (χ4n) is 3.06. The third kappa shape index (κ3) is 4.46. The number of phenols is 2. The smallest absolute Gasteiger partial charge is 0.342 e. The van der Waals surface area contributed by atoms with Crippen LogP contribution in [0.15, 0.2) is 42.2 Å². The second-order valence-electron chi connectivity index (χ2n) is 6.52. The first-order valence-corrected chi connectivity index (χ1v) is 8.95. The maximum absolute atomic E-state index is 12.7. The van der Waals surface area contributed by atoms with Crippen molar-refractivity contribution in [2.75, 3.05) is 7.11 Å². The van der Waals surface area contributed by atoms with Crippen molar-refractivity contribution in [1.82, 2.24) is 0 Å². The predicted octanol–water partition coefficient (Wildman–Crippen LogP) is 3.65. The van der Waals surface area contributed by atoms with E-state index < -0.39 is 17.8 Å². The van der Waals surface area contributed by atoms with Crippen LogP contribution in [-0.4, -0.2) is 41.6 Å². The summed E-state index contributed by atoms with van der Waals surface area (Å²) in [6.45, 7) is 1.76. The second-order valence-corrected chi connectivity index (χ2v) is 6.90. The number of esters is 1. The van der Waals surface area contributed by atoms with E-state index in [2.05, 4.69) is 0 Å². The summed E-state index contributed by atoms with van der Waals surface area (Å²) in [5, 5.41) is 20.2. The summed E-state index contributed by atoms with van der Waals surface area (Å²) in [6, 6.07) is 1.04. The monoisotopic (exact) mass is 391 g/mol. The van der Waals surface area contributed by atoms with E-state index in [9.17, 15) is 15.0 Å². The number of hydrogen-bond donors (Lipinski definition) is 2. The van der Waals surface area contributed by atoms with Gasteiger partial charge < -0.3 is 24.4 Å². The minimum absolute atomic E-state index is 0.000628. The first kappa shape index (κ1) is 19.3. The van der Waals surface area contributed by atoms with Gasteiger partial charge in [-0.05, 0) is 18.1 Å². The standard InChI is InChI=1S/C20H21ClO6/c1-11-7-17-16(27-17)6-4-3-5-12(10-25-2)8-13-18(20(24)26-11)14(22)9-15(23)19(13)21/h3-6,9-11,16-17,22-23H,7-8H2,1-2H3/b5-3+,6-4-,12-10+/t11-,16-,17-/m1/s1/i2-1. The number of rotatable bonds is 1. The van der Waals surface area contributed by atoms with Crippen LogP contribution in [0.5, 0.6) is 11.5 Å². The topological polar surface area (TPSA) is 88.5 Å². The molecule has 6 nitrogen and oxygen atoms in total. The van der Waals surface area contributed by atoms with E-state index in [0.29, 0.717) is 12.0 Å². The van der Waals surface area contributed by atoms with Crippen LogP contribution in [0.1, 0.15) is 29.3 Å². The minimum atomic E-state index is -0.706. The van der Waals surface area contributed by atoms with Gasteiger partial charge in [0.2, 0.25) is 0 Å². The summed E-state index contributed by atoms with van der Waals surface area (Å²) < 4.78 is 16.1. The molecule has 1 aromatic rings. The molecule has 2 aliphatic rings. The zero-order valence-electron chi connectivity index (χ0n) is 15.0. The summed E-state index contributed by atoms with van der Waals surface area (Å²) in [7, 11) is 1.50. The van der Waals surface area contributed by atoms with Crippen molar-refractivity contribution < 1.29 is 29.2 Å². The maximum Gasteiger partial charge on any atom is 0.342 e. The normalized spacial score (nSPS) is 29.1. The molecular formula is C20H21ClO6. The quantitative estimate of drug-likeness (QED) is 0.431. The van der Waals surface area contributed by atoms with Gasteiger partial charge in [0.15, 0.2) is 0 Å². The first-order valence-electron chi connectivity index (χ1n) is 8.57. The number of carbonyl (C=O) groups excluding carboxylic acids is 1. The van der Waals surface area contributed by atoms with Crippen LogP contribution in [0.25, 0.3) is 0 Å². The molecule has 144 valence electrons. The van der Waals surface area contributed by atoms with Crippen molar-refractivity contribution >= 4 is 17.6 Å². The first-order chi connectivity index (χ1) is 12.9. The number of ether oxygens (including phenoxy) is 3. The number of hydrogen-bond acceptors (Lipinski definition) is 6. The van der Waals surface area contributed by atoms with E-state index in [0.717, 1.165) is 6.07 Å². The molecule has 7 heteroatoms. The largest absolute Gasteiger partial charge is 0.507 e. The number of epoxide rings is 1. The Balaban J connectivity index is 2.06. The van der Waals surface area contributed by atoms with Crippen LogP contribution >= 0.6 is 11.6 Å². The lowest BCUT2D eigenvalue weighted by atomic mass is 9.98. The van der Waals surface area contributed by atoms with E-state index >= 15 is 0 Å². The van der Waals surface area contributed by atoms with Crippen LogP contribution in [0.3, 0.4) is 0 Å². The molecule has 0 aromatic heterocycles. The van der Waals surface area contributed by atoms with Crippen molar-refractivity contribution in [2.24, 2.45) is 0 Å². The van der Waals surface area contributed by atoms with Gasteiger partial charge in [-0.15, -0.1) is 0 Å². The second kappa shape index (κ2) is 8.06. The molecule has 0 aliphatic carbocycles. The van der Waals surface area contributed by atoms with Gasteiger partial charge in [-0.1, -0.05) is 35.9 Å². The maximum atomic E-state index is 12.7. The molecule has 3 atom stereocenters. The van der Waals surface area contributed by atoms with Crippen LogP contribution < -0.4 is 0 Å². The number of halogens is 1. The third-order valence-electron chi connectivity index (χ3n) is 4.39. The van der Waals surface area contributed by atoms with E-state index in [1.54, 1.807) is 13.0 Å². The van der Waals surface area contributed by atoms with Gasteiger partial charge in [0.25, 0.3) is 0 Å². The molecular weight excluding hydrogens is 371 g/mol. The van der Waals surface area contributed by atoms with E-state index in [1.165, 1.54) is 13.4 Å². The highest BCUT2D eigenvalue weighted by Crippen LogP contribution is 2.38. The zero-order chi connectivity index (χ0) is 19.6. The Labute approximate surface area is 162 Å². The fraction of sp³-hybridized carbons (Fsp3) is 0.350. The average molecular weight is 392 g/mol. The van der Waals surface area contributed by atoms with Crippen molar-refractivity contribution in [3.05, 3.63) is 58.4 Å². The molecule has 0 amide bonds. The molecule has 0 radical (unpaired) electrons. The predicted molar refractivity (Wildman–Crippen MR) is 100 cm³/mol. The van der Waals surface area contributed by atoms with Crippen molar-refractivity contribution in [2.45, 2.75) is 38.1 Å². The molecule has 1 saturated heterocycles. The molecule has 0 spiro atoms. The number of aromatic hydroxyl groups is 2. The molecule has 0 saturated carbocycles. The van der Waals surface area contributed by atoms with E-state index in [1.807, 2.05) is 18.2 Å². The molecule has 27 heavy (non-hydrogen) atoms. The molecule has 2 heterocycles. The van der Waals surface area contributed by atoms with Crippen LogP contribution in [-0.2, 0) is 20.6 Å². The Morgan fingerprint density at radius 2 is 2.07 bits per heavy atom. The van der Waals surface area contributed by atoms with Gasteiger partial charge >= 0.3 is 5.97 Å². The highest BCUT2D eigenvalue weighted by molar-refractivity contribution is 6.33. The van der Waals surface area contributed by atoms with Gasteiger partial charge in [-0.2, -0.15) is 0 Å². The number of carbonyl (C=O) groups is 1. The Hall–Kier alpha value is -2.44. The number of methoxy groups -OCH3 is 1. The summed E-state index contributed by atoms with van der Waals surface area (Å²) in [5.41, 5.74) is 0.878. The molecule has 1 aromatic carbocycles. The highest BCUT2D eigenvalue weighted by atomic mass is 35.5. The van der Waals surface area contributed by atoms with Gasteiger partial charge in [-0.25, -0.2) is 4.79 Å². The molecule has 2 N–H and O–H groups in total. The van der Waals surface area contributed by atoms with Crippen molar-refractivity contribution in [3.8, 4) is 11.5 Å². The number of phenolic OH excluding ortho intramolecular Hbond substituents is 2. The lowest BCUT2D eigenvalue weighted by molar-refractivity contribution is 0.0305. The van der Waals surface area contributed by atoms with Crippen LogP contribution in [0.4, 0.5) is 0 Å². The van der Waals surface area contributed by atoms with Crippen molar-refractivity contribution in [3.63, 3.8) is 0 Å². The molecule has 2 aliphatic heterocycles. The lowest BCUT2D eigenvalue weighted by Gasteiger charge is -2.17. The lowest BCUT2D eigenvalue weighted by Crippen LogP contribution is -2.19. The van der Waals surface area contributed by atoms with E-state index in [-0.39, 0.29) is 40.5 Å². The average Bonchev–Trinajstić information content (AvgIpc) is 3.32. The zero-order valence-corrected chi connectivity index (χ0v) is 15.8. The highest BCUT2D eigenvalue weighted by Gasteiger charge is 2.38. The molecule has 0 unspecified atom stereocenters. The molecule has 0 bridgehead atoms. The van der Waals surface area contributed by atoms with Crippen LogP contribution in [0, 0.1) is 0 Å². The van der Waals surface area contributed by atoms with E-state index in [4.69, 9.17) is 25.8 Å². The van der Waals surface area contributed by atoms with Crippen LogP contribution in [0.2, 0.25) is 5.02 Å². The summed E-state index contributed by atoms with van der Waals surface area (Å²) >= 11 is 6.24. The Morgan fingerprint density at radius 3 is 2.81 bits per heavy atom. The van der Waals surface area contributed by atoms with Gasteiger partial charge in [0, 0.05) is 18.9 Å². The Morgan fingerprint density at radius 1 is 1.30 bits per heavy atom. The third-order valence-corrected chi connectivity index (χ3v) is 4.81. The SMILES string of the molecule is C[C@@H]1C[C@H]2O[C@@H]2\C=C/C=C/C(=C\O[11CH3])Cc2c(Cl)c(O)cc(O)c2C(=O)O1. The Kier molecular flexibility index (Phi) is 5.77. The van der Waals surface area contributed by atoms with Crippen molar-refractivity contribution in [1.29, 1.82) is 0 Å². The van der Waals surface area contributed by atoms with Gasteiger partial charge in [0.1, 0.15) is 29.3 Å².